The minimum atomic E-state index is -0.245. The van der Waals surface area contributed by atoms with Gasteiger partial charge in [0.15, 0.2) is 0 Å². The summed E-state index contributed by atoms with van der Waals surface area (Å²) >= 11 is 0. The quantitative estimate of drug-likeness (QED) is 0.814. The highest BCUT2D eigenvalue weighted by atomic mass is 15.3. The molecule has 1 aliphatic heterocycles. The van der Waals surface area contributed by atoms with Gasteiger partial charge in [-0.25, -0.2) is 0 Å². The molecule has 1 saturated heterocycles. The van der Waals surface area contributed by atoms with Crippen LogP contribution in [0.2, 0.25) is 0 Å². The highest BCUT2D eigenvalue weighted by Crippen LogP contribution is 2.37. The summed E-state index contributed by atoms with van der Waals surface area (Å²) in [5, 5.41) is 13.1. The number of hydrogen-bond donors (Lipinski definition) is 1. The van der Waals surface area contributed by atoms with Gasteiger partial charge in [0, 0.05) is 25.7 Å². The Kier molecular flexibility index (Phi) is 6.04. The highest BCUT2D eigenvalue weighted by Gasteiger charge is 2.42. The molecule has 21 heavy (non-hydrogen) atoms. The van der Waals surface area contributed by atoms with Gasteiger partial charge in [-0.15, -0.1) is 0 Å². The van der Waals surface area contributed by atoms with E-state index >= 15 is 0 Å². The van der Waals surface area contributed by atoms with Crippen LogP contribution in [0.1, 0.15) is 46.0 Å². The molecule has 0 aromatic carbocycles. The maximum absolute atomic E-state index is 9.64. The van der Waals surface area contributed by atoms with Gasteiger partial charge in [-0.05, 0) is 51.7 Å². The second kappa shape index (κ2) is 7.58. The van der Waals surface area contributed by atoms with E-state index in [0.29, 0.717) is 12.0 Å². The van der Waals surface area contributed by atoms with E-state index in [4.69, 9.17) is 0 Å². The summed E-state index contributed by atoms with van der Waals surface area (Å²) in [5.74, 6) is 0.530. The Bertz CT molecular complexity index is 364. The molecule has 0 aromatic heterocycles. The average Bonchev–Trinajstić information content (AvgIpc) is 2.90. The Morgan fingerprint density at radius 2 is 2.14 bits per heavy atom. The second-order valence-corrected chi connectivity index (χ2v) is 6.83. The van der Waals surface area contributed by atoms with Crippen molar-refractivity contribution in [2.45, 2.75) is 57.5 Å². The molecule has 2 fully saturated rings. The average molecular weight is 292 g/mol. The molecule has 1 heterocycles. The summed E-state index contributed by atoms with van der Waals surface area (Å²) in [6, 6.07) is 3.31. The summed E-state index contributed by atoms with van der Waals surface area (Å²) in [5.41, 5.74) is -0.245. The number of nitriles is 1. The van der Waals surface area contributed by atoms with Crippen molar-refractivity contribution in [3.05, 3.63) is 0 Å². The van der Waals surface area contributed by atoms with Crippen molar-refractivity contribution in [2.75, 3.05) is 39.8 Å². The number of piperazine rings is 1. The predicted octanol–water partition coefficient (Wildman–Crippen LogP) is 2.07. The minimum Gasteiger partial charge on any atom is -0.301 e. The molecule has 2 aliphatic rings. The maximum atomic E-state index is 9.64. The Hall–Kier alpha value is -0.630. The van der Waals surface area contributed by atoms with Crippen molar-refractivity contribution in [3.8, 4) is 6.07 Å². The Morgan fingerprint density at radius 1 is 1.33 bits per heavy atom. The van der Waals surface area contributed by atoms with Crippen molar-refractivity contribution in [1.82, 2.24) is 15.1 Å². The Balaban J connectivity index is 1.86. The molecule has 1 N–H and O–H groups in total. The Morgan fingerprint density at radius 3 is 2.81 bits per heavy atom. The van der Waals surface area contributed by atoms with Crippen molar-refractivity contribution in [3.63, 3.8) is 0 Å². The fourth-order valence-corrected chi connectivity index (χ4v) is 4.20. The third-order valence-corrected chi connectivity index (χ3v) is 5.64. The van der Waals surface area contributed by atoms with E-state index in [0.717, 1.165) is 19.5 Å². The molecule has 120 valence electrons. The molecule has 3 unspecified atom stereocenters. The molecule has 3 atom stereocenters. The van der Waals surface area contributed by atoms with Gasteiger partial charge in [0.05, 0.1) is 6.07 Å². The van der Waals surface area contributed by atoms with Crippen LogP contribution in [0.5, 0.6) is 0 Å². The van der Waals surface area contributed by atoms with E-state index in [2.05, 4.69) is 42.1 Å². The number of rotatable bonds is 6. The number of nitrogens with zero attached hydrogens (tertiary/aromatic N) is 3. The minimum absolute atomic E-state index is 0.245. The molecule has 0 aromatic rings. The van der Waals surface area contributed by atoms with Crippen LogP contribution in [-0.2, 0) is 0 Å². The molecule has 1 saturated carbocycles. The Labute approximate surface area is 130 Å². The van der Waals surface area contributed by atoms with Crippen LogP contribution in [0, 0.1) is 17.2 Å². The van der Waals surface area contributed by atoms with Crippen molar-refractivity contribution in [2.24, 2.45) is 5.92 Å². The monoisotopic (exact) mass is 292 g/mol. The first-order chi connectivity index (χ1) is 10.1. The number of nitrogens with one attached hydrogen (secondary N) is 1. The molecule has 0 amide bonds. The second-order valence-electron chi connectivity index (χ2n) is 6.83. The lowest BCUT2D eigenvalue weighted by atomic mass is 9.85. The largest absolute Gasteiger partial charge is 0.301 e. The first-order valence-electron chi connectivity index (χ1n) is 8.74. The van der Waals surface area contributed by atoms with Gasteiger partial charge in [0.2, 0.25) is 0 Å². The molecule has 4 nitrogen and oxygen atoms in total. The summed E-state index contributed by atoms with van der Waals surface area (Å²) < 4.78 is 0. The third-order valence-electron chi connectivity index (χ3n) is 5.64. The van der Waals surface area contributed by atoms with E-state index in [-0.39, 0.29) is 5.54 Å². The van der Waals surface area contributed by atoms with Gasteiger partial charge >= 0.3 is 0 Å². The molecular weight excluding hydrogens is 260 g/mol. The summed E-state index contributed by atoms with van der Waals surface area (Å²) in [4.78, 5) is 5.10. The van der Waals surface area contributed by atoms with Crippen LogP contribution in [0.4, 0.5) is 0 Å². The molecule has 2 rings (SSSR count). The standard InChI is InChI=1S/C17H32N4/c1-4-16-13-21(12-11-20(16)3)10-8-15-7-6-9-17(15,14-18)19-5-2/h15-16,19H,4-13H2,1-3H3. The van der Waals surface area contributed by atoms with Crippen LogP contribution in [0.15, 0.2) is 0 Å². The van der Waals surface area contributed by atoms with Crippen LogP contribution in [-0.4, -0.2) is 61.2 Å². The predicted molar refractivity (Wildman–Crippen MR) is 87.1 cm³/mol. The van der Waals surface area contributed by atoms with Gasteiger partial charge in [-0.2, -0.15) is 5.26 Å². The smallest absolute Gasteiger partial charge is 0.109 e. The summed E-state index contributed by atoms with van der Waals surface area (Å²) in [7, 11) is 2.24. The first kappa shape index (κ1) is 16.7. The van der Waals surface area contributed by atoms with Gasteiger partial charge in [-0.1, -0.05) is 20.3 Å². The van der Waals surface area contributed by atoms with E-state index < -0.39 is 0 Å². The third kappa shape index (κ3) is 3.77. The van der Waals surface area contributed by atoms with Crippen LogP contribution in [0.3, 0.4) is 0 Å². The van der Waals surface area contributed by atoms with E-state index in [1.165, 1.54) is 45.3 Å². The van der Waals surface area contributed by atoms with Gasteiger partial charge in [0.1, 0.15) is 5.54 Å². The summed E-state index contributed by atoms with van der Waals surface area (Å²) in [6.07, 6.45) is 5.84. The van der Waals surface area contributed by atoms with Crippen LogP contribution < -0.4 is 5.32 Å². The number of hydrogen-bond acceptors (Lipinski definition) is 4. The van der Waals surface area contributed by atoms with Crippen LogP contribution >= 0.6 is 0 Å². The normalized spacial score (nSPS) is 35.0. The SMILES string of the molecule is CCNC1(C#N)CCCC1CCN1CCN(C)C(CC)C1. The zero-order chi connectivity index (χ0) is 15.3. The van der Waals surface area contributed by atoms with E-state index in [9.17, 15) is 5.26 Å². The van der Waals surface area contributed by atoms with Crippen LogP contribution in [0.25, 0.3) is 0 Å². The lowest BCUT2D eigenvalue weighted by Gasteiger charge is -2.40. The van der Waals surface area contributed by atoms with E-state index in [1.54, 1.807) is 0 Å². The molecule has 0 bridgehead atoms. The lowest BCUT2D eigenvalue weighted by molar-refractivity contribution is 0.0864. The molecular formula is C17H32N4. The first-order valence-corrected chi connectivity index (χ1v) is 8.74. The maximum Gasteiger partial charge on any atom is 0.109 e. The van der Waals surface area contributed by atoms with Gasteiger partial charge < -0.3 is 9.80 Å². The molecule has 4 heteroatoms. The topological polar surface area (TPSA) is 42.3 Å². The lowest BCUT2D eigenvalue weighted by Crippen LogP contribution is -2.52. The van der Waals surface area contributed by atoms with Gasteiger partial charge in [0.25, 0.3) is 0 Å². The summed E-state index contributed by atoms with van der Waals surface area (Å²) in [6.45, 7) is 10.0. The van der Waals surface area contributed by atoms with E-state index in [1.807, 2.05) is 0 Å². The zero-order valence-corrected chi connectivity index (χ0v) is 14.1. The van der Waals surface area contributed by atoms with Crippen molar-refractivity contribution >= 4 is 0 Å². The molecule has 1 aliphatic carbocycles. The molecule has 0 radical (unpaired) electrons. The number of likely N-dealkylation sites (N-methyl/N-ethyl adjacent to an activating group) is 1. The fourth-order valence-electron chi connectivity index (χ4n) is 4.20. The van der Waals surface area contributed by atoms with Crippen molar-refractivity contribution < 1.29 is 0 Å². The molecule has 0 spiro atoms. The fraction of sp³-hybridized carbons (Fsp3) is 0.941. The zero-order valence-electron chi connectivity index (χ0n) is 14.1. The van der Waals surface area contributed by atoms with Crippen molar-refractivity contribution in [1.29, 1.82) is 5.26 Å². The van der Waals surface area contributed by atoms with Gasteiger partial charge in [-0.3, -0.25) is 5.32 Å². The highest BCUT2D eigenvalue weighted by molar-refractivity contribution is 5.14.